The fraction of sp³-hybridized carbons (Fsp3) is 0.862. The van der Waals surface area contributed by atoms with Gasteiger partial charge in [0.15, 0.2) is 0 Å². The first-order chi connectivity index (χ1) is 15.1. The Kier molecular flexibility index (Phi) is 5.55. The van der Waals surface area contributed by atoms with Gasteiger partial charge in [0, 0.05) is 18.9 Å². The van der Waals surface area contributed by atoms with E-state index in [0.717, 1.165) is 19.3 Å². The first-order valence-electron chi connectivity index (χ1n) is 13.4. The maximum absolute atomic E-state index is 10.5. The van der Waals surface area contributed by atoms with E-state index in [1.165, 1.54) is 25.7 Å². The van der Waals surface area contributed by atoms with Crippen LogP contribution in [0.5, 0.6) is 0 Å². The van der Waals surface area contributed by atoms with Gasteiger partial charge in [-0.1, -0.05) is 59.3 Å². The van der Waals surface area contributed by atoms with Crippen molar-refractivity contribution in [2.45, 2.75) is 110 Å². The third kappa shape index (κ3) is 3.02. The summed E-state index contributed by atoms with van der Waals surface area (Å²) in [5.41, 5.74) is 3.61. The zero-order chi connectivity index (χ0) is 23.1. The van der Waals surface area contributed by atoms with Gasteiger partial charge in [-0.05, 0) is 79.1 Å². The number of fused-ring (bicyclic) bond motifs is 3. The molecule has 1 spiro atoms. The molecule has 4 fully saturated rings. The minimum Gasteiger partial charge on any atom is -0.393 e. The summed E-state index contributed by atoms with van der Waals surface area (Å²) in [5, 5.41) is 10.5. The van der Waals surface area contributed by atoms with Gasteiger partial charge in [0.2, 0.25) is 0 Å². The molecule has 0 aromatic heterocycles. The Morgan fingerprint density at radius 1 is 1.06 bits per heavy atom. The highest BCUT2D eigenvalue weighted by molar-refractivity contribution is 5.43. The number of aliphatic hydroxyl groups is 1. The van der Waals surface area contributed by atoms with Crippen LogP contribution in [0.4, 0.5) is 0 Å². The van der Waals surface area contributed by atoms with E-state index in [0.29, 0.717) is 29.6 Å². The third-order valence-corrected chi connectivity index (χ3v) is 11.1. The minimum absolute atomic E-state index is 0.0820. The van der Waals surface area contributed by atoms with Crippen LogP contribution in [0.15, 0.2) is 23.3 Å². The third-order valence-electron chi connectivity index (χ3n) is 11.1. The SMILES string of the molecule is COC1C2=C3CC[C@H](C(C)/C=C/C(C)C(C)C)[C@@]3(C)CC[C@@H]2[C@@]2(C)CCC(O)C[C@@]23OC13. The Labute approximate surface area is 196 Å². The van der Waals surface area contributed by atoms with Gasteiger partial charge in [-0.3, -0.25) is 0 Å². The Morgan fingerprint density at radius 3 is 2.50 bits per heavy atom. The number of hydrogen-bond acceptors (Lipinski definition) is 3. The molecule has 3 saturated carbocycles. The minimum atomic E-state index is -0.217. The molecule has 3 nitrogen and oxygen atoms in total. The monoisotopic (exact) mass is 442 g/mol. The predicted octanol–water partition coefficient (Wildman–Crippen LogP) is 6.31. The topological polar surface area (TPSA) is 42.0 Å². The van der Waals surface area contributed by atoms with Crippen LogP contribution in [0.25, 0.3) is 0 Å². The van der Waals surface area contributed by atoms with E-state index in [2.05, 4.69) is 53.7 Å². The number of epoxide rings is 1. The van der Waals surface area contributed by atoms with E-state index in [1.807, 2.05) is 7.11 Å². The molecule has 1 N–H and O–H groups in total. The van der Waals surface area contributed by atoms with E-state index in [1.54, 1.807) is 11.1 Å². The number of allylic oxidation sites excluding steroid dienone is 3. The first-order valence-corrected chi connectivity index (χ1v) is 13.4. The van der Waals surface area contributed by atoms with Gasteiger partial charge in [-0.15, -0.1) is 0 Å². The summed E-state index contributed by atoms with van der Waals surface area (Å²) in [6.45, 7) is 14.5. The van der Waals surface area contributed by atoms with E-state index >= 15 is 0 Å². The molecule has 0 amide bonds. The molecule has 5 rings (SSSR count). The molecule has 0 aromatic carbocycles. The van der Waals surface area contributed by atoms with Gasteiger partial charge in [0.1, 0.15) is 17.8 Å². The molecule has 5 aliphatic rings. The molecule has 1 aliphatic heterocycles. The quantitative estimate of drug-likeness (QED) is 0.401. The van der Waals surface area contributed by atoms with Gasteiger partial charge < -0.3 is 14.6 Å². The second-order valence-corrected chi connectivity index (χ2v) is 12.8. The summed E-state index contributed by atoms with van der Waals surface area (Å²) >= 11 is 0. The Hall–Kier alpha value is -0.640. The van der Waals surface area contributed by atoms with E-state index in [-0.39, 0.29) is 34.7 Å². The standard InChI is InChI=1S/C29H46O3/c1-17(2)18(3)8-9-19(4)21-10-11-22-24-23(13-14-27(21,22)5)28(6)15-12-20(30)16-29(28)26(32-29)25(24)31-7/h8-9,17-21,23,25-26,30H,10-16H2,1-7H3/b9-8+/t18?,19?,20?,21-,23+,25?,26?,27-,28-,29+/m1/s1. The number of aliphatic hydroxyl groups excluding tert-OH is 1. The lowest BCUT2D eigenvalue weighted by Crippen LogP contribution is -2.58. The second-order valence-electron chi connectivity index (χ2n) is 12.8. The van der Waals surface area contributed by atoms with Gasteiger partial charge in [-0.25, -0.2) is 0 Å². The summed E-state index contributed by atoms with van der Waals surface area (Å²) < 4.78 is 12.8. The van der Waals surface area contributed by atoms with Crippen molar-refractivity contribution in [1.29, 1.82) is 0 Å². The molecule has 180 valence electrons. The Balaban J connectivity index is 1.49. The molecule has 3 heteroatoms. The van der Waals surface area contributed by atoms with Crippen LogP contribution >= 0.6 is 0 Å². The second kappa shape index (κ2) is 7.68. The highest BCUT2D eigenvalue weighted by Crippen LogP contribution is 2.72. The maximum atomic E-state index is 10.5. The molecule has 0 bridgehead atoms. The molecule has 4 aliphatic carbocycles. The molecule has 1 heterocycles. The molecule has 10 atom stereocenters. The van der Waals surface area contributed by atoms with Crippen molar-refractivity contribution < 1.29 is 14.6 Å². The fourth-order valence-corrected chi connectivity index (χ4v) is 8.70. The summed E-state index contributed by atoms with van der Waals surface area (Å²) in [6, 6.07) is 0. The van der Waals surface area contributed by atoms with Gasteiger partial charge in [0.25, 0.3) is 0 Å². The zero-order valence-corrected chi connectivity index (χ0v) is 21.5. The first kappa shape index (κ1) is 23.1. The van der Waals surface area contributed by atoms with E-state index in [9.17, 15) is 5.11 Å². The summed E-state index contributed by atoms with van der Waals surface area (Å²) in [7, 11) is 1.88. The number of methoxy groups -OCH3 is 1. The highest BCUT2D eigenvalue weighted by atomic mass is 16.6. The fourth-order valence-electron chi connectivity index (χ4n) is 8.70. The highest BCUT2D eigenvalue weighted by Gasteiger charge is 2.77. The van der Waals surface area contributed by atoms with E-state index < -0.39 is 0 Å². The van der Waals surface area contributed by atoms with Crippen molar-refractivity contribution in [1.82, 2.24) is 0 Å². The zero-order valence-electron chi connectivity index (χ0n) is 21.5. The number of ether oxygens (including phenoxy) is 2. The lowest BCUT2D eigenvalue weighted by Gasteiger charge is -2.56. The summed E-state index contributed by atoms with van der Waals surface area (Å²) in [5.74, 6) is 3.21. The molecular weight excluding hydrogens is 396 g/mol. The van der Waals surface area contributed by atoms with Crippen LogP contribution in [0.3, 0.4) is 0 Å². The van der Waals surface area contributed by atoms with Gasteiger partial charge >= 0.3 is 0 Å². The lowest BCUT2D eigenvalue weighted by atomic mass is 9.48. The Morgan fingerprint density at radius 2 is 1.81 bits per heavy atom. The van der Waals surface area contributed by atoms with Crippen LogP contribution in [0.1, 0.15) is 86.5 Å². The normalized spacial score (nSPS) is 49.5. The molecule has 1 saturated heterocycles. The summed E-state index contributed by atoms with van der Waals surface area (Å²) in [4.78, 5) is 0. The average molecular weight is 443 g/mol. The summed E-state index contributed by atoms with van der Waals surface area (Å²) in [6.07, 6.45) is 12.8. The van der Waals surface area contributed by atoms with Crippen LogP contribution in [-0.4, -0.2) is 36.1 Å². The molecule has 32 heavy (non-hydrogen) atoms. The van der Waals surface area contributed by atoms with Gasteiger partial charge in [0.05, 0.1) is 6.10 Å². The maximum Gasteiger partial charge on any atom is 0.118 e. The van der Waals surface area contributed by atoms with Crippen molar-refractivity contribution in [3.63, 3.8) is 0 Å². The van der Waals surface area contributed by atoms with Crippen LogP contribution in [0, 0.1) is 40.4 Å². The molecule has 5 unspecified atom stereocenters. The van der Waals surface area contributed by atoms with Crippen LogP contribution in [0.2, 0.25) is 0 Å². The molecular formula is C29H46O3. The van der Waals surface area contributed by atoms with Crippen molar-refractivity contribution in [2.24, 2.45) is 40.4 Å². The van der Waals surface area contributed by atoms with Crippen molar-refractivity contribution in [2.75, 3.05) is 7.11 Å². The van der Waals surface area contributed by atoms with Crippen LogP contribution < -0.4 is 0 Å². The van der Waals surface area contributed by atoms with Crippen LogP contribution in [-0.2, 0) is 9.47 Å². The lowest BCUT2D eigenvalue weighted by molar-refractivity contribution is -0.0545. The Bertz CT molecular complexity index is 813. The average Bonchev–Trinajstić information content (AvgIpc) is 3.35. The largest absolute Gasteiger partial charge is 0.393 e. The molecule has 0 radical (unpaired) electrons. The number of hydrogen-bond donors (Lipinski definition) is 1. The molecule has 0 aromatic rings. The number of rotatable bonds is 5. The van der Waals surface area contributed by atoms with Gasteiger partial charge in [-0.2, -0.15) is 0 Å². The van der Waals surface area contributed by atoms with Crippen molar-refractivity contribution >= 4 is 0 Å². The predicted molar refractivity (Wildman–Crippen MR) is 129 cm³/mol. The van der Waals surface area contributed by atoms with E-state index in [4.69, 9.17) is 9.47 Å². The van der Waals surface area contributed by atoms with Crippen molar-refractivity contribution in [3.8, 4) is 0 Å². The van der Waals surface area contributed by atoms with Crippen molar-refractivity contribution in [3.05, 3.63) is 23.3 Å². The smallest absolute Gasteiger partial charge is 0.118 e.